The van der Waals surface area contributed by atoms with E-state index >= 15 is 0 Å². The van der Waals surface area contributed by atoms with Crippen LogP contribution in [0.3, 0.4) is 0 Å². The van der Waals surface area contributed by atoms with Gasteiger partial charge >= 0.3 is 5.97 Å². The van der Waals surface area contributed by atoms with E-state index < -0.39 is 0 Å². The second kappa shape index (κ2) is 4.60. The Hall–Kier alpha value is -1.58. The lowest BCUT2D eigenvalue weighted by Crippen LogP contribution is -2.09. The maximum Gasteiger partial charge on any atom is 0.340 e. The van der Waals surface area contributed by atoms with Gasteiger partial charge < -0.3 is 10.5 Å². The van der Waals surface area contributed by atoms with Crippen LogP contribution in [0.15, 0.2) is 12.3 Å². The summed E-state index contributed by atoms with van der Waals surface area (Å²) in [6, 6.07) is 1.67. The normalized spacial score (nSPS) is 9.86. The molecule has 76 valence electrons. The van der Waals surface area contributed by atoms with Gasteiger partial charge in [0.1, 0.15) is 0 Å². The van der Waals surface area contributed by atoms with Gasteiger partial charge in [-0.2, -0.15) is 0 Å². The second-order valence-corrected chi connectivity index (χ2v) is 2.84. The van der Waals surface area contributed by atoms with Crippen molar-refractivity contribution in [1.29, 1.82) is 0 Å². The fourth-order valence-electron chi connectivity index (χ4n) is 1.09. The SMILES string of the molecule is CCOC(=O)c1cc(CC)ncc1N. The summed E-state index contributed by atoms with van der Waals surface area (Å²) in [4.78, 5) is 15.5. The highest BCUT2D eigenvalue weighted by molar-refractivity contribution is 5.94. The lowest BCUT2D eigenvalue weighted by Gasteiger charge is -2.05. The Labute approximate surface area is 83.1 Å². The van der Waals surface area contributed by atoms with E-state index in [-0.39, 0.29) is 5.97 Å². The average molecular weight is 194 g/mol. The molecule has 0 saturated carbocycles. The molecule has 0 spiro atoms. The number of aryl methyl sites for hydroxylation is 1. The molecule has 0 saturated heterocycles. The van der Waals surface area contributed by atoms with Gasteiger partial charge in [0.25, 0.3) is 0 Å². The number of carbonyl (C=O) groups excluding carboxylic acids is 1. The fourth-order valence-corrected chi connectivity index (χ4v) is 1.09. The van der Waals surface area contributed by atoms with E-state index in [1.54, 1.807) is 13.0 Å². The van der Waals surface area contributed by atoms with Crippen molar-refractivity contribution in [2.45, 2.75) is 20.3 Å². The zero-order valence-electron chi connectivity index (χ0n) is 8.41. The molecule has 1 aromatic rings. The van der Waals surface area contributed by atoms with Crippen molar-refractivity contribution in [2.75, 3.05) is 12.3 Å². The molecule has 0 radical (unpaired) electrons. The molecule has 0 fully saturated rings. The van der Waals surface area contributed by atoms with Crippen molar-refractivity contribution in [3.8, 4) is 0 Å². The monoisotopic (exact) mass is 194 g/mol. The zero-order valence-corrected chi connectivity index (χ0v) is 8.41. The molecular formula is C10H14N2O2. The van der Waals surface area contributed by atoms with Crippen LogP contribution in [0, 0.1) is 0 Å². The van der Waals surface area contributed by atoms with Crippen LogP contribution in [-0.4, -0.2) is 17.6 Å². The van der Waals surface area contributed by atoms with E-state index in [1.807, 2.05) is 6.92 Å². The van der Waals surface area contributed by atoms with Gasteiger partial charge in [0.05, 0.1) is 24.1 Å². The van der Waals surface area contributed by atoms with E-state index in [1.165, 1.54) is 6.20 Å². The van der Waals surface area contributed by atoms with E-state index in [0.29, 0.717) is 17.9 Å². The number of hydrogen-bond acceptors (Lipinski definition) is 4. The molecule has 4 heteroatoms. The number of nitrogens with zero attached hydrogens (tertiary/aromatic N) is 1. The Bertz CT molecular complexity index is 337. The first kappa shape index (κ1) is 10.5. The standard InChI is InChI=1S/C10H14N2O2/c1-3-7-5-8(9(11)6-12-7)10(13)14-4-2/h5-6H,3-4,11H2,1-2H3. The maximum absolute atomic E-state index is 11.4. The summed E-state index contributed by atoms with van der Waals surface area (Å²) in [6.45, 7) is 4.07. The van der Waals surface area contributed by atoms with Crippen molar-refractivity contribution < 1.29 is 9.53 Å². The molecule has 1 rings (SSSR count). The number of esters is 1. The van der Waals surface area contributed by atoms with Gasteiger partial charge in [-0.1, -0.05) is 6.92 Å². The van der Waals surface area contributed by atoms with Crippen molar-refractivity contribution in [1.82, 2.24) is 4.98 Å². The van der Waals surface area contributed by atoms with E-state index in [9.17, 15) is 4.79 Å². The third-order valence-electron chi connectivity index (χ3n) is 1.85. The topological polar surface area (TPSA) is 65.2 Å². The third-order valence-corrected chi connectivity index (χ3v) is 1.85. The van der Waals surface area contributed by atoms with Crippen LogP contribution >= 0.6 is 0 Å². The first-order valence-electron chi connectivity index (χ1n) is 4.60. The quantitative estimate of drug-likeness (QED) is 0.739. The molecule has 1 aromatic heterocycles. The number of pyridine rings is 1. The van der Waals surface area contributed by atoms with Gasteiger partial charge in [-0.25, -0.2) is 4.79 Å². The largest absolute Gasteiger partial charge is 0.462 e. The summed E-state index contributed by atoms with van der Waals surface area (Å²) in [7, 11) is 0. The summed E-state index contributed by atoms with van der Waals surface area (Å²) in [6.07, 6.45) is 2.26. The van der Waals surface area contributed by atoms with Crippen LogP contribution in [0.5, 0.6) is 0 Å². The molecular weight excluding hydrogens is 180 g/mol. The molecule has 0 aliphatic heterocycles. The van der Waals surface area contributed by atoms with Crippen molar-refractivity contribution >= 4 is 11.7 Å². The van der Waals surface area contributed by atoms with Gasteiger partial charge in [0, 0.05) is 5.69 Å². The van der Waals surface area contributed by atoms with Crippen LogP contribution in [0.25, 0.3) is 0 Å². The minimum atomic E-state index is -0.387. The van der Waals surface area contributed by atoms with Crippen LogP contribution in [0.4, 0.5) is 5.69 Å². The van der Waals surface area contributed by atoms with Gasteiger partial charge in [0.2, 0.25) is 0 Å². The molecule has 2 N–H and O–H groups in total. The molecule has 4 nitrogen and oxygen atoms in total. The van der Waals surface area contributed by atoms with Gasteiger partial charge in [-0.3, -0.25) is 4.98 Å². The lowest BCUT2D eigenvalue weighted by molar-refractivity contribution is 0.0527. The van der Waals surface area contributed by atoms with Crippen LogP contribution in [0.2, 0.25) is 0 Å². The molecule has 0 aliphatic rings. The van der Waals surface area contributed by atoms with E-state index in [0.717, 1.165) is 12.1 Å². The van der Waals surface area contributed by atoms with Crippen molar-refractivity contribution in [3.05, 3.63) is 23.5 Å². The van der Waals surface area contributed by atoms with Crippen LogP contribution in [0.1, 0.15) is 29.9 Å². The molecule has 0 amide bonds. The maximum atomic E-state index is 11.4. The number of aromatic nitrogens is 1. The summed E-state index contributed by atoms with van der Waals surface area (Å²) in [5.74, 6) is -0.387. The highest BCUT2D eigenvalue weighted by atomic mass is 16.5. The van der Waals surface area contributed by atoms with E-state index in [2.05, 4.69) is 4.98 Å². The molecule has 0 unspecified atom stereocenters. The Kier molecular flexibility index (Phi) is 3.45. The van der Waals surface area contributed by atoms with Crippen LogP contribution in [-0.2, 0) is 11.2 Å². The summed E-state index contributed by atoms with van der Waals surface area (Å²) in [5, 5.41) is 0. The summed E-state index contributed by atoms with van der Waals surface area (Å²) >= 11 is 0. The molecule has 0 aliphatic carbocycles. The molecule has 1 heterocycles. The van der Waals surface area contributed by atoms with Gasteiger partial charge in [-0.05, 0) is 19.4 Å². The molecule has 14 heavy (non-hydrogen) atoms. The van der Waals surface area contributed by atoms with E-state index in [4.69, 9.17) is 10.5 Å². The second-order valence-electron chi connectivity index (χ2n) is 2.84. The minimum absolute atomic E-state index is 0.349. The minimum Gasteiger partial charge on any atom is -0.462 e. The molecule has 0 bridgehead atoms. The first-order valence-corrected chi connectivity index (χ1v) is 4.60. The first-order chi connectivity index (χ1) is 6.69. The van der Waals surface area contributed by atoms with Crippen molar-refractivity contribution in [3.63, 3.8) is 0 Å². The average Bonchev–Trinajstić information content (AvgIpc) is 2.19. The number of hydrogen-bond donors (Lipinski definition) is 1. The number of rotatable bonds is 3. The zero-order chi connectivity index (χ0) is 10.6. The predicted octanol–water partition coefficient (Wildman–Crippen LogP) is 1.40. The Morgan fingerprint density at radius 2 is 2.29 bits per heavy atom. The number of nitrogen functional groups attached to an aromatic ring is 1. The van der Waals surface area contributed by atoms with Crippen molar-refractivity contribution in [2.24, 2.45) is 0 Å². The predicted molar refractivity (Wildman–Crippen MR) is 54.0 cm³/mol. The summed E-state index contributed by atoms with van der Waals surface area (Å²) < 4.78 is 4.86. The number of ether oxygens (including phenoxy) is 1. The number of carbonyl (C=O) groups is 1. The van der Waals surface area contributed by atoms with Crippen LogP contribution < -0.4 is 5.73 Å². The highest BCUT2D eigenvalue weighted by Crippen LogP contribution is 2.13. The summed E-state index contributed by atoms with van der Waals surface area (Å²) in [5.41, 5.74) is 7.21. The number of anilines is 1. The Balaban J connectivity index is 2.99. The molecule has 0 aromatic carbocycles. The lowest BCUT2D eigenvalue weighted by atomic mass is 10.2. The van der Waals surface area contributed by atoms with Gasteiger partial charge in [0.15, 0.2) is 0 Å². The Morgan fingerprint density at radius 3 is 2.86 bits per heavy atom. The van der Waals surface area contributed by atoms with Gasteiger partial charge in [-0.15, -0.1) is 0 Å². The highest BCUT2D eigenvalue weighted by Gasteiger charge is 2.11. The molecule has 0 atom stereocenters. The fraction of sp³-hybridized carbons (Fsp3) is 0.400. The Morgan fingerprint density at radius 1 is 1.57 bits per heavy atom. The number of nitrogens with two attached hydrogens (primary N) is 1. The third kappa shape index (κ3) is 2.22. The smallest absolute Gasteiger partial charge is 0.340 e.